The molecule has 3 nitrogen and oxygen atoms in total. The van der Waals surface area contributed by atoms with E-state index >= 15 is 0 Å². The first-order valence-electron chi connectivity index (χ1n) is 5.95. The molecule has 0 unspecified atom stereocenters. The highest BCUT2D eigenvalue weighted by molar-refractivity contribution is 9.10. The third-order valence-corrected chi connectivity index (χ3v) is 4.73. The summed E-state index contributed by atoms with van der Waals surface area (Å²) in [5, 5.41) is 9.55. The highest BCUT2D eigenvalue weighted by Gasteiger charge is 2.08. The SMILES string of the molecule is Cc1nc(CSc2ccccc2Br)ncc1[C@H](C)O. The molecule has 0 bridgehead atoms. The lowest BCUT2D eigenvalue weighted by Crippen LogP contribution is -2.02. The van der Waals surface area contributed by atoms with Gasteiger partial charge in [-0.05, 0) is 41.9 Å². The number of rotatable bonds is 4. The Labute approximate surface area is 125 Å². The number of aromatic nitrogens is 2. The summed E-state index contributed by atoms with van der Waals surface area (Å²) in [6.45, 7) is 3.62. The third kappa shape index (κ3) is 3.78. The van der Waals surface area contributed by atoms with Crippen LogP contribution in [0.2, 0.25) is 0 Å². The van der Waals surface area contributed by atoms with Gasteiger partial charge in [-0.15, -0.1) is 11.8 Å². The average Bonchev–Trinajstić information content (AvgIpc) is 2.37. The van der Waals surface area contributed by atoms with Gasteiger partial charge in [0.2, 0.25) is 0 Å². The maximum atomic E-state index is 9.55. The minimum atomic E-state index is -0.523. The Hall–Kier alpha value is -0.910. The highest BCUT2D eigenvalue weighted by Crippen LogP contribution is 2.29. The molecule has 0 aliphatic heterocycles. The fraction of sp³-hybridized carbons (Fsp3) is 0.286. The van der Waals surface area contributed by atoms with E-state index in [2.05, 4.69) is 32.0 Å². The number of hydrogen-bond donors (Lipinski definition) is 1. The number of aryl methyl sites for hydroxylation is 1. The third-order valence-electron chi connectivity index (χ3n) is 2.71. The van der Waals surface area contributed by atoms with Crippen LogP contribution in [0.4, 0.5) is 0 Å². The number of halogens is 1. The molecule has 1 heterocycles. The van der Waals surface area contributed by atoms with E-state index in [1.165, 1.54) is 4.90 Å². The van der Waals surface area contributed by atoms with Gasteiger partial charge in [0, 0.05) is 26.8 Å². The minimum Gasteiger partial charge on any atom is -0.389 e. The lowest BCUT2D eigenvalue weighted by atomic mass is 10.1. The van der Waals surface area contributed by atoms with E-state index in [-0.39, 0.29) is 0 Å². The Kier molecular flexibility index (Phi) is 4.96. The Morgan fingerprint density at radius 2 is 2.11 bits per heavy atom. The van der Waals surface area contributed by atoms with Gasteiger partial charge in [-0.2, -0.15) is 0 Å². The van der Waals surface area contributed by atoms with Crippen LogP contribution in [0.1, 0.15) is 30.1 Å². The van der Waals surface area contributed by atoms with Gasteiger partial charge < -0.3 is 5.11 Å². The first kappa shape index (κ1) is 14.5. The molecule has 0 spiro atoms. The van der Waals surface area contributed by atoms with Gasteiger partial charge in [-0.3, -0.25) is 0 Å². The number of benzene rings is 1. The zero-order valence-electron chi connectivity index (χ0n) is 10.8. The molecule has 5 heteroatoms. The molecule has 0 saturated heterocycles. The van der Waals surface area contributed by atoms with Crippen molar-refractivity contribution in [2.45, 2.75) is 30.6 Å². The monoisotopic (exact) mass is 338 g/mol. The van der Waals surface area contributed by atoms with Crippen molar-refractivity contribution in [3.63, 3.8) is 0 Å². The van der Waals surface area contributed by atoms with Crippen LogP contribution < -0.4 is 0 Å². The van der Waals surface area contributed by atoms with Crippen LogP contribution in [0, 0.1) is 6.92 Å². The summed E-state index contributed by atoms with van der Waals surface area (Å²) in [5.74, 6) is 1.49. The molecular formula is C14H15BrN2OS. The smallest absolute Gasteiger partial charge is 0.138 e. The van der Waals surface area contributed by atoms with E-state index < -0.39 is 6.10 Å². The van der Waals surface area contributed by atoms with Crippen molar-refractivity contribution in [3.05, 3.63) is 52.0 Å². The zero-order valence-corrected chi connectivity index (χ0v) is 13.2. The Morgan fingerprint density at radius 3 is 2.74 bits per heavy atom. The lowest BCUT2D eigenvalue weighted by Gasteiger charge is -2.09. The predicted molar refractivity (Wildman–Crippen MR) is 81.1 cm³/mol. The van der Waals surface area contributed by atoms with E-state index in [1.807, 2.05) is 25.1 Å². The average molecular weight is 339 g/mol. The Bertz CT molecular complexity index is 575. The van der Waals surface area contributed by atoms with Crippen molar-refractivity contribution < 1.29 is 5.11 Å². The van der Waals surface area contributed by atoms with Crippen molar-refractivity contribution in [1.82, 2.24) is 9.97 Å². The van der Waals surface area contributed by atoms with E-state index in [4.69, 9.17) is 0 Å². The van der Waals surface area contributed by atoms with Crippen LogP contribution in [-0.4, -0.2) is 15.1 Å². The van der Waals surface area contributed by atoms with E-state index in [0.717, 1.165) is 21.6 Å². The van der Waals surface area contributed by atoms with E-state index in [1.54, 1.807) is 24.9 Å². The molecule has 0 saturated carbocycles. The maximum Gasteiger partial charge on any atom is 0.138 e. The van der Waals surface area contributed by atoms with Crippen molar-refractivity contribution in [1.29, 1.82) is 0 Å². The molecule has 19 heavy (non-hydrogen) atoms. The van der Waals surface area contributed by atoms with Gasteiger partial charge in [0.1, 0.15) is 5.82 Å². The molecule has 0 amide bonds. The van der Waals surface area contributed by atoms with Crippen molar-refractivity contribution in [3.8, 4) is 0 Å². The zero-order chi connectivity index (χ0) is 13.8. The Morgan fingerprint density at radius 1 is 1.37 bits per heavy atom. The molecule has 1 aromatic carbocycles. The molecule has 0 aliphatic rings. The predicted octanol–water partition coefficient (Wildman–Crippen LogP) is 3.89. The summed E-state index contributed by atoms with van der Waals surface area (Å²) in [6.07, 6.45) is 1.19. The highest BCUT2D eigenvalue weighted by atomic mass is 79.9. The number of hydrogen-bond acceptors (Lipinski definition) is 4. The first-order valence-corrected chi connectivity index (χ1v) is 7.73. The summed E-state index contributed by atoms with van der Waals surface area (Å²) in [6, 6.07) is 8.08. The molecule has 0 aliphatic carbocycles. The quantitative estimate of drug-likeness (QED) is 0.859. The molecule has 100 valence electrons. The number of aliphatic hydroxyl groups is 1. The van der Waals surface area contributed by atoms with Crippen molar-refractivity contribution >= 4 is 27.7 Å². The normalized spacial score (nSPS) is 12.4. The topological polar surface area (TPSA) is 46.0 Å². The molecule has 0 fully saturated rings. The van der Waals surface area contributed by atoms with E-state index in [9.17, 15) is 5.11 Å². The largest absolute Gasteiger partial charge is 0.389 e. The fourth-order valence-corrected chi connectivity index (χ4v) is 3.14. The summed E-state index contributed by atoms with van der Waals surface area (Å²) in [4.78, 5) is 9.90. The van der Waals surface area contributed by atoms with Crippen molar-refractivity contribution in [2.24, 2.45) is 0 Å². The van der Waals surface area contributed by atoms with Gasteiger partial charge in [-0.25, -0.2) is 9.97 Å². The number of aliphatic hydroxyl groups excluding tert-OH is 1. The number of nitrogens with zero attached hydrogens (tertiary/aromatic N) is 2. The van der Waals surface area contributed by atoms with Gasteiger partial charge in [0.05, 0.1) is 11.9 Å². The van der Waals surface area contributed by atoms with Crippen LogP contribution in [0.15, 0.2) is 39.8 Å². The molecule has 1 aromatic heterocycles. The summed E-state index contributed by atoms with van der Waals surface area (Å²) < 4.78 is 1.08. The summed E-state index contributed by atoms with van der Waals surface area (Å²) in [7, 11) is 0. The minimum absolute atomic E-state index is 0.523. The van der Waals surface area contributed by atoms with Crippen LogP contribution in [0.3, 0.4) is 0 Å². The van der Waals surface area contributed by atoms with Gasteiger partial charge >= 0.3 is 0 Å². The van der Waals surface area contributed by atoms with Gasteiger partial charge in [0.15, 0.2) is 0 Å². The van der Waals surface area contributed by atoms with Gasteiger partial charge in [0.25, 0.3) is 0 Å². The second-order valence-electron chi connectivity index (χ2n) is 4.22. The fourth-order valence-electron chi connectivity index (χ4n) is 1.71. The maximum absolute atomic E-state index is 9.55. The van der Waals surface area contributed by atoms with Crippen LogP contribution in [0.25, 0.3) is 0 Å². The second kappa shape index (κ2) is 6.50. The van der Waals surface area contributed by atoms with E-state index in [0.29, 0.717) is 5.75 Å². The standard InChI is InChI=1S/C14H15BrN2OS/c1-9-11(10(2)18)7-16-14(17-9)8-19-13-6-4-3-5-12(13)15/h3-7,10,18H,8H2,1-2H3/t10-/m0/s1. The van der Waals surface area contributed by atoms with Crippen LogP contribution in [0.5, 0.6) is 0 Å². The van der Waals surface area contributed by atoms with Gasteiger partial charge in [-0.1, -0.05) is 12.1 Å². The molecule has 1 N–H and O–H groups in total. The van der Waals surface area contributed by atoms with Crippen LogP contribution >= 0.6 is 27.7 Å². The lowest BCUT2D eigenvalue weighted by molar-refractivity contribution is 0.197. The van der Waals surface area contributed by atoms with Crippen LogP contribution in [-0.2, 0) is 5.75 Å². The Balaban J connectivity index is 2.08. The number of thioether (sulfide) groups is 1. The molecule has 2 aromatic rings. The molecule has 2 rings (SSSR count). The molecular weight excluding hydrogens is 324 g/mol. The second-order valence-corrected chi connectivity index (χ2v) is 6.09. The summed E-state index contributed by atoms with van der Waals surface area (Å²) in [5.41, 5.74) is 1.63. The molecule has 1 atom stereocenters. The molecule has 0 radical (unpaired) electrons. The first-order chi connectivity index (χ1) is 9.08. The summed E-state index contributed by atoms with van der Waals surface area (Å²) >= 11 is 5.21. The van der Waals surface area contributed by atoms with Crippen molar-refractivity contribution in [2.75, 3.05) is 0 Å².